The third-order valence-corrected chi connectivity index (χ3v) is 6.83. The van der Waals surface area contributed by atoms with Crippen molar-refractivity contribution in [2.24, 2.45) is 0 Å². The predicted molar refractivity (Wildman–Crippen MR) is 90.1 cm³/mol. The number of rotatable bonds is 3. The van der Waals surface area contributed by atoms with Crippen molar-refractivity contribution in [2.45, 2.75) is 17.9 Å². The molecule has 0 radical (unpaired) electrons. The normalized spacial score (nSPS) is 14.8. The zero-order valence-corrected chi connectivity index (χ0v) is 14.7. The summed E-state index contributed by atoms with van der Waals surface area (Å²) in [5, 5.41) is 2.06. The maximum atomic E-state index is 12.6. The van der Waals surface area contributed by atoms with Crippen LogP contribution in [0.25, 0.3) is 0 Å². The summed E-state index contributed by atoms with van der Waals surface area (Å²) in [6, 6.07) is 8.21. The molecule has 1 aromatic heterocycles. The number of sulfonamides is 1. The van der Waals surface area contributed by atoms with E-state index in [0.717, 1.165) is 10.7 Å². The lowest BCUT2D eigenvalue weighted by molar-refractivity contribution is 0.0736. The van der Waals surface area contributed by atoms with Crippen molar-refractivity contribution < 1.29 is 13.2 Å². The van der Waals surface area contributed by atoms with Gasteiger partial charge in [-0.3, -0.25) is 4.79 Å². The van der Waals surface area contributed by atoms with Gasteiger partial charge in [0.1, 0.15) is 0 Å². The molecular weight excluding hydrogens is 332 g/mol. The van der Waals surface area contributed by atoms with Crippen LogP contribution in [0.2, 0.25) is 0 Å². The Morgan fingerprint density at radius 2 is 1.87 bits per heavy atom. The number of carbonyl (C=O) groups excluding carboxylic acids is 1. The first-order valence-corrected chi connectivity index (χ1v) is 9.58. The molecule has 2 aromatic rings. The van der Waals surface area contributed by atoms with Gasteiger partial charge < -0.3 is 4.90 Å². The standard InChI is InChI=1S/C16H18N2O3S2/c1-17(2)23(20,21)14-5-3-12(4-6-14)16(19)18-9-7-15-13(11-18)8-10-22-15/h3-6,8,10H,7,9,11H2,1-2H3. The van der Waals surface area contributed by atoms with Crippen LogP contribution in [0.5, 0.6) is 0 Å². The maximum absolute atomic E-state index is 12.6. The molecule has 1 aliphatic heterocycles. The maximum Gasteiger partial charge on any atom is 0.254 e. The van der Waals surface area contributed by atoms with E-state index in [1.807, 2.05) is 4.90 Å². The van der Waals surface area contributed by atoms with Gasteiger partial charge in [0.15, 0.2) is 0 Å². The predicted octanol–water partition coefficient (Wildman–Crippen LogP) is 2.20. The molecule has 1 aromatic carbocycles. The first-order chi connectivity index (χ1) is 10.9. The van der Waals surface area contributed by atoms with Crippen molar-refractivity contribution in [2.75, 3.05) is 20.6 Å². The van der Waals surface area contributed by atoms with Crippen LogP contribution >= 0.6 is 11.3 Å². The minimum Gasteiger partial charge on any atom is -0.334 e. The minimum absolute atomic E-state index is 0.0596. The molecule has 7 heteroatoms. The van der Waals surface area contributed by atoms with Crippen molar-refractivity contribution in [1.29, 1.82) is 0 Å². The Kier molecular flexibility index (Phi) is 4.27. The second kappa shape index (κ2) is 6.07. The van der Waals surface area contributed by atoms with Gasteiger partial charge in [0.2, 0.25) is 10.0 Å². The van der Waals surface area contributed by atoms with Crippen LogP contribution in [0.1, 0.15) is 20.8 Å². The van der Waals surface area contributed by atoms with Gasteiger partial charge in [-0.1, -0.05) is 0 Å². The molecule has 0 fully saturated rings. The van der Waals surface area contributed by atoms with Crippen LogP contribution in [-0.2, 0) is 23.0 Å². The molecule has 0 unspecified atom stereocenters. The van der Waals surface area contributed by atoms with Crippen molar-refractivity contribution >= 4 is 27.3 Å². The molecule has 0 saturated carbocycles. The van der Waals surface area contributed by atoms with Gasteiger partial charge in [-0.25, -0.2) is 12.7 Å². The van der Waals surface area contributed by atoms with E-state index >= 15 is 0 Å². The zero-order valence-electron chi connectivity index (χ0n) is 13.0. The van der Waals surface area contributed by atoms with Crippen molar-refractivity contribution in [3.05, 3.63) is 51.7 Å². The summed E-state index contributed by atoms with van der Waals surface area (Å²) in [5.74, 6) is -0.0596. The third kappa shape index (κ3) is 3.04. The zero-order chi connectivity index (χ0) is 16.6. The summed E-state index contributed by atoms with van der Waals surface area (Å²) >= 11 is 1.73. The van der Waals surface area contributed by atoms with Crippen LogP contribution < -0.4 is 0 Å². The van der Waals surface area contributed by atoms with E-state index in [-0.39, 0.29) is 10.8 Å². The molecule has 0 N–H and O–H groups in total. The van der Waals surface area contributed by atoms with Crippen LogP contribution in [0.3, 0.4) is 0 Å². The Morgan fingerprint density at radius 1 is 1.17 bits per heavy atom. The van der Waals surface area contributed by atoms with E-state index < -0.39 is 10.0 Å². The number of hydrogen-bond donors (Lipinski definition) is 0. The van der Waals surface area contributed by atoms with Crippen molar-refractivity contribution in [3.8, 4) is 0 Å². The highest BCUT2D eigenvalue weighted by atomic mass is 32.2. The highest BCUT2D eigenvalue weighted by Crippen LogP contribution is 2.25. The average molecular weight is 350 g/mol. The van der Waals surface area contributed by atoms with Gasteiger partial charge in [-0.2, -0.15) is 0 Å². The van der Waals surface area contributed by atoms with Gasteiger partial charge in [0, 0.05) is 37.6 Å². The lowest BCUT2D eigenvalue weighted by Gasteiger charge is -2.27. The van der Waals surface area contributed by atoms with Crippen LogP contribution in [0, 0.1) is 0 Å². The van der Waals surface area contributed by atoms with Gasteiger partial charge in [-0.15, -0.1) is 11.3 Å². The summed E-state index contributed by atoms with van der Waals surface area (Å²) in [7, 11) is -0.494. The molecule has 0 bridgehead atoms. The smallest absolute Gasteiger partial charge is 0.254 e. The van der Waals surface area contributed by atoms with Crippen LogP contribution in [-0.4, -0.2) is 44.2 Å². The Hall–Kier alpha value is -1.70. The monoisotopic (exact) mass is 350 g/mol. The number of carbonyl (C=O) groups is 1. The Labute approximate surface area is 140 Å². The first kappa shape index (κ1) is 16.2. The molecule has 0 atom stereocenters. The van der Waals surface area contributed by atoms with Crippen LogP contribution in [0.4, 0.5) is 0 Å². The summed E-state index contributed by atoms with van der Waals surface area (Å²) < 4.78 is 25.3. The molecule has 5 nitrogen and oxygen atoms in total. The first-order valence-electron chi connectivity index (χ1n) is 7.26. The Balaban J connectivity index is 1.79. The van der Waals surface area contributed by atoms with Crippen molar-refractivity contribution in [3.63, 3.8) is 0 Å². The Morgan fingerprint density at radius 3 is 2.52 bits per heavy atom. The molecule has 1 aliphatic rings. The van der Waals surface area contributed by atoms with Crippen molar-refractivity contribution in [1.82, 2.24) is 9.21 Å². The van der Waals surface area contributed by atoms with E-state index in [2.05, 4.69) is 11.4 Å². The molecule has 0 spiro atoms. The second-order valence-corrected chi connectivity index (χ2v) is 8.81. The highest BCUT2D eigenvalue weighted by Gasteiger charge is 2.23. The lowest BCUT2D eigenvalue weighted by atomic mass is 10.1. The number of benzene rings is 1. The number of amides is 1. The fourth-order valence-electron chi connectivity index (χ4n) is 2.58. The minimum atomic E-state index is -3.47. The molecule has 3 rings (SSSR count). The van der Waals surface area contributed by atoms with Gasteiger partial charge in [-0.05, 0) is 47.7 Å². The molecule has 0 saturated heterocycles. The van der Waals surface area contributed by atoms with E-state index in [4.69, 9.17) is 0 Å². The van der Waals surface area contributed by atoms with E-state index in [1.54, 1.807) is 23.5 Å². The SMILES string of the molecule is CN(C)S(=O)(=O)c1ccc(C(=O)N2CCc3sccc3C2)cc1. The molecule has 0 aliphatic carbocycles. The number of thiophene rings is 1. The fourth-order valence-corrected chi connectivity index (χ4v) is 4.38. The fraction of sp³-hybridized carbons (Fsp3) is 0.312. The third-order valence-electron chi connectivity index (χ3n) is 3.97. The highest BCUT2D eigenvalue weighted by molar-refractivity contribution is 7.89. The van der Waals surface area contributed by atoms with Gasteiger partial charge >= 0.3 is 0 Å². The van der Waals surface area contributed by atoms with Gasteiger partial charge in [0.05, 0.1) is 4.90 Å². The van der Waals surface area contributed by atoms with E-state index in [9.17, 15) is 13.2 Å². The second-order valence-electron chi connectivity index (χ2n) is 5.66. The lowest BCUT2D eigenvalue weighted by Crippen LogP contribution is -2.35. The van der Waals surface area contributed by atoms with Gasteiger partial charge in [0.25, 0.3) is 5.91 Å². The molecule has 2 heterocycles. The molecular formula is C16H18N2O3S2. The number of nitrogens with zero attached hydrogens (tertiary/aromatic N) is 2. The summed E-state index contributed by atoms with van der Waals surface area (Å²) in [4.78, 5) is 15.9. The number of fused-ring (bicyclic) bond motifs is 1. The largest absolute Gasteiger partial charge is 0.334 e. The average Bonchev–Trinajstić information content (AvgIpc) is 3.01. The van der Waals surface area contributed by atoms with Crippen LogP contribution in [0.15, 0.2) is 40.6 Å². The summed E-state index contributed by atoms with van der Waals surface area (Å²) in [6.07, 6.45) is 0.881. The molecule has 1 amide bonds. The molecule has 23 heavy (non-hydrogen) atoms. The summed E-state index contributed by atoms with van der Waals surface area (Å²) in [6.45, 7) is 1.32. The molecule has 122 valence electrons. The Bertz CT molecular complexity index is 823. The van der Waals surface area contributed by atoms with E-state index in [0.29, 0.717) is 18.7 Å². The number of hydrogen-bond acceptors (Lipinski definition) is 4. The van der Waals surface area contributed by atoms with E-state index in [1.165, 1.54) is 36.7 Å². The summed E-state index contributed by atoms with van der Waals surface area (Å²) in [5.41, 5.74) is 1.72. The topological polar surface area (TPSA) is 57.7 Å². The quantitative estimate of drug-likeness (QED) is 0.853.